The Bertz CT molecular complexity index is 540. The number of carboxylic acids is 1. The largest absolute Gasteiger partial charge is 0.496 e. The van der Waals surface area contributed by atoms with E-state index in [0.29, 0.717) is 12.8 Å². The molecule has 5 heteroatoms. The van der Waals surface area contributed by atoms with Gasteiger partial charge in [0, 0.05) is 5.41 Å². The first-order valence-electron chi connectivity index (χ1n) is 7.97. The van der Waals surface area contributed by atoms with E-state index in [0.717, 1.165) is 24.2 Å². The van der Waals surface area contributed by atoms with Crippen molar-refractivity contribution in [1.29, 1.82) is 0 Å². The van der Waals surface area contributed by atoms with Gasteiger partial charge in [0.15, 0.2) is 0 Å². The summed E-state index contributed by atoms with van der Waals surface area (Å²) in [6.07, 6.45) is 2.58. The Kier molecular flexibility index (Phi) is 7.07. The Morgan fingerprint density at radius 2 is 1.96 bits per heavy atom. The molecule has 0 aliphatic heterocycles. The highest BCUT2D eigenvalue weighted by Gasteiger charge is 2.32. The molecule has 0 unspecified atom stereocenters. The summed E-state index contributed by atoms with van der Waals surface area (Å²) in [5.41, 5.74) is 0.199. The van der Waals surface area contributed by atoms with Crippen molar-refractivity contribution in [1.82, 2.24) is 5.32 Å². The van der Waals surface area contributed by atoms with Crippen LogP contribution in [0.25, 0.3) is 0 Å². The van der Waals surface area contributed by atoms with Gasteiger partial charge in [-0.1, -0.05) is 51.8 Å². The van der Waals surface area contributed by atoms with E-state index in [1.54, 1.807) is 7.11 Å². The van der Waals surface area contributed by atoms with Crippen LogP contribution in [0.3, 0.4) is 0 Å². The smallest absolute Gasteiger partial charge is 0.326 e. The summed E-state index contributed by atoms with van der Waals surface area (Å²) in [6.45, 7) is 5.62. The first-order valence-corrected chi connectivity index (χ1v) is 7.97. The lowest BCUT2D eigenvalue weighted by atomic mass is 9.84. The lowest BCUT2D eigenvalue weighted by molar-refractivity contribution is -0.143. The third-order valence-corrected chi connectivity index (χ3v) is 3.89. The fraction of sp³-hybridized carbons (Fsp3) is 0.556. The zero-order chi connectivity index (χ0) is 17.5. The SMILES string of the molecule is CCCC[C@H](NC(=O)C(C)(C)Cc1ccccc1OC)C(=O)O. The summed E-state index contributed by atoms with van der Waals surface area (Å²) >= 11 is 0. The number of nitrogens with one attached hydrogen (secondary N) is 1. The van der Waals surface area contributed by atoms with Gasteiger partial charge in [-0.05, 0) is 24.5 Å². The summed E-state index contributed by atoms with van der Waals surface area (Å²) in [7, 11) is 1.59. The van der Waals surface area contributed by atoms with Crippen LogP contribution >= 0.6 is 0 Å². The van der Waals surface area contributed by atoms with Crippen LogP contribution < -0.4 is 10.1 Å². The normalized spacial score (nSPS) is 12.5. The minimum Gasteiger partial charge on any atom is -0.496 e. The van der Waals surface area contributed by atoms with Gasteiger partial charge >= 0.3 is 5.97 Å². The second-order valence-electron chi connectivity index (χ2n) is 6.38. The molecule has 1 rings (SSSR count). The predicted molar refractivity (Wildman–Crippen MR) is 89.6 cm³/mol. The van der Waals surface area contributed by atoms with Crippen LogP contribution in [0.5, 0.6) is 5.75 Å². The zero-order valence-electron chi connectivity index (χ0n) is 14.4. The summed E-state index contributed by atoms with van der Waals surface area (Å²) in [5, 5.41) is 11.9. The standard InChI is InChI=1S/C18H27NO4/c1-5-6-10-14(16(20)21)19-17(22)18(2,3)12-13-9-7-8-11-15(13)23-4/h7-9,11,14H,5-6,10,12H2,1-4H3,(H,19,22)(H,20,21)/t14-/m0/s1. The average Bonchev–Trinajstić information content (AvgIpc) is 2.51. The number of methoxy groups -OCH3 is 1. The molecule has 1 amide bonds. The highest BCUT2D eigenvalue weighted by atomic mass is 16.5. The van der Waals surface area contributed by atoms with Gasteiger partial charge in [0.1, 0.15) is 11.8 Å². The Labute approximate surface area is 138 Å². The number of para-hydroxylation sites is 1. The van der Waals surface area contributed by atoms with Gasteiger partial charge in [-0.2, -0.15) is 0 Å². The molecule has 0 saturated carbocycles. The van der Waals surface area contributed by atoms with Crippen molar-refractivity contribution in [3.63, 3.8) is 0 Å². The van der Waals surface area contributed by atoms with E-state index in [9.17, 15) is 14.7 Å². The molecule has 0 aliphatic carbocycles. The predicted octanol–water partition coefficient (Wildman–Crippen LogP) is 3.02. The minimum atomic E-state index is -0.986. The highest BCUT2D eigenvalue weighted by molar-refractivity contribution is 5.87. The number of rotatable bonds is 9. The van der Waals surface area contributed by atoms with Crippen LogP contribution in [-0.2, 0) is 16.0 Å². The topological polar surface area (TPSA) is 75.6 Å². The Balaban J connectivity index is 2.81. The Morgan fingerprint density at radius 3 is 2.52 bits per heavy atom. The van der Waals surface area contributed by atoms with Crippen LogP contribution in [0.15, 0.2) is 24.3 Å². The minimum absolute atomic E-state index is 0.257. The molecule has 2 N–H and O–H groups in total. The van der Waals surface area contributed by atoms with Gasteiger partial charge in [-0.25, -0.2) is 4.79 Å². The quantitative estimate of drug-likeness (QED) is 0.733. The third-order valence-electron chi connectivity index (χ3n) is 3.89. The maximum atomic E-state index is 12.5. The van der Waals surface area contributed by atoms with Gasteiger partial charge in [-0.15, -0.1) is 0 Å². The van der Waals surface area contributed by atoms with E-state index < -0.39 is 17.4 Å². The van der Waals surface area contributed by atoms with E-state index >= 15 is 0 Å². The van der Waals surface area contributed by atoms with Crippen molar-refractivity contribution in [3.8, 4) is 5.75 Å². The number of unbranched alkanes of at least 4 members (excludes halogenated alkanes) is 1. The van der Waals surface area contributed by atoms with E-state index in [1.165, 1.54) is 0 Å². The molecule has 0 fully saturated rings. The zero-order valence-corrected chi connectivity index (χ0v) is 14.4. The van der Waals surface area contributed by atoms with Crippen molar-refractivity contribution >= 4 is 11.9 Å². The fourth-order valence-electron chi connectivity index (χ4n) is 2.42. The molecule has 5 nitrogen and oxygen atoms in total. The van der Waals surface area contributed by atoms with Crippen molar-refractivity contribution in [2.45, 2.75) is 52.5 Å². The molecule has 23 heavy (non-hydrogen) atoms. The number of benzene rings is 1. The van der Waals surface area contributed by atoms with Crippen LogP contribution in [0.2, 0.25) is 0 Å². The molecule has 128 valence electrons. The number of hydrogen-bond donors (Lipinski definition) is 2. The number of carbonyl (C=O) groups excluding carboxylic acids is 1. The highest BCUT2D eigenvalue weighted by Crippen LogP contribution is 2.28. The van der Waals surface area contributed by atoms with Crippen molar-refractivity contribution in [2.24, 2.45) is 5.41 Å². The van der Waals surface area contributed by atoms with Crippen molar-refractivity contribution in [2.75, 3.05) is 7.11 Å². The third kappa shape index (κ3) is 5.58. The van der Waals surface area contributed by atoms with Crippen molar-refractivity contribution in [3.05, 3.63) is 29.8 Å². The number of amides is 1. The molecule has 0 saturated heterocycles. The maximum Gasteiger partial charge on any atom is 0.326 e. The second kappa shape index (κ2) is 8.56. The van der Waals surface area contributed by atoms with Crippen LogP contribution in [0.1, 0.15) is 45.6 Å². The molecular formula is C18H27NO4. The Hall–Kier alpha value is -2.04. The molecule has 0 spiro atoms. The molecule has 0 heterocycles. The summed E-state index contributed by atoms with van der Waals surface area (Å²) < 4.78 is 5.32. The van der Waals surface area contributed by atoms with E-state index in [1.807, 2.05) is 45.0 Å². The van der Waals surface area contributed by atoms with Gasteiger partial charge in [-0.3, -0.25) is 4.79 Å². The molecule has 0 bridgehead atoms. The van der Waals surface area contributed by atoms with Gasteiger partial charge in [0.05, 0.1) is 7.11 Å². The van der Waals surface area contributed by atoms with Crippen LogP contribution in [0.4, 0.5) is 0 Å². The van der Waals surface area contributed by atoms with Gasteiger partial charge < -0.3 is 15.2 Å². The molecule has 1 atom stereocenters. The fourth-order valence-corrected chi connectivity index (χ4v) is 2.42. The lowest BCUT2D eigenvalue weighted by Crippen LogP contribution is -2.47. The van der Waals surface area contributed by atoms with E-state index in [-0.39, 0.29) is 5.91 Å². The van der Waals surface area contributed by atoms with Crippen LogP contribution in [0, 0.1) is 5.41 Å². The number of carbonyl (C=O) groups is 2. The number of carboxylic acid groups (broad SMARTS) is 1. The maximum absolute atomic E-state index is 12.5. The molecule has 0 aliphatic rings. The average molecular weight is 321 g/mol. The monoisotopic (exact) mass is 321 g/mol. The van der Waals surface area contributed by atoms with E-state index in [4.69, 9.17) is 4.74 Å². The summed E-state index contributed by atoms with van der Waals surface area (Å²) in [5.74, 6) is -0.513. The molecular weight excluding hydrogens is 294 g/mol. The second-order valence-corrected chi connectivity index (χ2v) is 6.38. The lowest BCUT2D eigenvalue weighted by Gasteiger charge is -2.26. The number of aliphatic carboxylic acids is 1. The number of hydrogen-bond acceptors (Lipinski definition) is 3. The number of ether oxygens (including phenoxy) is 1. The molecule has 1 aromatic rings. The first kappa shape index (κ1) is 19.0. The molecule has 1 aromatic carbocycles. The summed E-state index contributed by atoms with van der Waals surface area (Å²) in [6, 6.07) is 6.71. The first-order chi connectivity index (χ1) is 10.8. The van der Waals surface area contributed by atoms with Crippen LogP contribution in [-0.4, -0.2) is 30.1 Å². The molecule has 0 aromatic heterocycles. The van der Waals surface area contributed by atoms with Gasteiger partial charge in [0.2, 0.25) is 5.91 Å². The molecule has 0 radical (unpaired) electrons. The summed E-state index contributed by atoms with van der Waals surface area (Å²) in [4.78, 5) is 23.8. The van der Waals surface area contributed by atoms with E-state index in [2.05, 4.69) is 5.32 Å². The van der Waals surface area contributed by atoms with Gasteiger partial charge in [0.25, 0.3) is 0 Å². The Morgan fingerprint density at radius 1 is 1.30 bits per heavy atom. The van der Waals surface area contributed by atoms with Crippen molar-refractivity contribution < 1.29 is 19.4 Å².